The summed E-state index contributed by atoms with van der Waals surface area (Å²) in [5.74, 6) is 1.05. The molecule has 25 heavy (non-hydrogen) atoms. The topological polar surface area (TPSA) is 32.8 Å². The van der Waals surface area contributed by atoms with Gasteiger partial charge in [0.2, 0.25) is 0 Å². The number of carbonyl (C=O) groups is 1. The van der Waals surface area contributed by atoms with Crippen LogP contribution in [0.2, 0.25) is 0 Å². The van der Waals surface area contributed by atoms with Crippen molar-refractivity contribution in [2.24, 2.45) is 0 Å². The van der Waals surface area contributed by atoms with Crippen LogP contribution in [0.25, 0.3) is 0 Å². The molecule has 1 aromatic carbocycles. The highest BCUT2D eigenvalue weighted by Gasteiger charge is 2.33. The first kappa shape index (κ1) is 16.6. The molecular formula is C20H24N2O2S. The number of hydrogen-bond acceptors (Lipinski definition) is 4. The maximum absolute atomic E-state index is 12.8. The van der Waals surface area contributed by atoms with Gasteiger partial charge in [0.25, 0.3) is 5.91 Å². The van der Waals surface area contributed by atoms with Crippen molar-refractivity contribution >= 4 is 17.2 Å². The second kappa shape index (κ2) is 7.18. The average molecular weight is 356 g/mol. The Labute approximate surface area is 153 Å². The maximum Gasteiger partial charge on any atom is 0.264 e. The zero-order chi connectivity index (χ0) is 17.2. The van der Waals surface area contributed by atoms with Crippen LogP contribution in [-0.4, -0.2) is 47.9 Å². The summed E-state index contributed by atoms with van der Waals surface area (Å²) < 4.78 is 5.84. The second-order valence-corrected chi connectivity index (χ2v) is 7.92. The summed E-state index contributed by atoms with van der Waals surface area (Å²) in [6, 6.07) is 10.6. The van der Waals surface area contributed by atoms with Crippen molar-refractivity contribution in [3.63, 3.8) is 0 Å². The number of rotatable bonds is 4. The van der Waals surface area contributed by atoms with Gasteiger partial charge in [-0.2, -0.15) is 0 Å². The van der Waals surface area contributed by atoms with E-state index in [4.69, 9.17) is 4.74 Å². The van der Waals surface area contributed by atoms with Crippen molar-refractivity contribution in [2.45, 2.75) is 32.4 Å². The Morgan fingerprint density at radius 2 is 2.20 bits per heavy atom. The minimum Gasteiger partial charge on any atom is -0.489 e. The van der Waals surface area contributed by atoms with Gasteiger partial charge in [-0.15, -0.1) is 11.3 Å². The summed E-state index contributed by atoms with van der Waals surface area (Å²) in [5.41, 5.74) is 2.25. The van der Waals surface area contributed by atoms with Gasteiger partial charge < -0.3 is 9.64 Å². The molecule has 132 valence electrons. The van der Waals surface area contributed by atoms with Gasteiger partial charge in [-0.05, 0) is 55.5 Å². The molecule has 1 amide bonds. The molecule has 5 heteroatoms. The zero-order valence-corrected chi connectivity index (χ0v) is 15.4. The molecule has 0 aliphatic carbocycles. The highest BCUT2D eigenvalue weighted by Crippen LogP contribution is 2.25. The highest BCUT2D eigenvalue weighted by atomic mass is 32.1. The SMILES string of the molecule is Cc1cccc(OCc2csc(C(=O)N3CCN4CCCC4C3)c2)c1. The summed E-state index contributed by atoms with van der Waals surface area (Å²) in [6.07, 6.45) is 2.50. The number of carbonyl (C=O) groups excluding carboxylic acids is 1. The van der Waals surface area contributed by atoms with Gasteiger partial charge in [-0.25, -0.2) is 0 Å². The molecule has 2 aliphatic heterocycles. The van der Waals surface area contributed by atoms with Crippen molar-refractivity contribution in [3.05, 3.63) is 51.7 Å². The first-order chi connectivity index (χ1) is 12.2. The number of nitrogens with zero attached hydrogens (tertiary/aromatic N) is 2. The number of amides is 1. The molecule has 4 rings (SSSR count). The Morgan fingerprint density at radius 3 is 3.08 bits per heavy atom. The lowest BCUT2D eigenvalue weighted by Crippen LogP contribution is -2.51. The van der Waals surface area contributed by atoms with Crippen LogP contribution in [0.1, 0.15) is 33.6 Å². The molecular weight excluding hydrogens is 332 g/mol. The number of aryl methyl sites for hydroxylation is 1. The van der Waals surface area contributed by atoms with Gasteiger partial charge in [-0.1, -0.05) is 12.1 Å². The van der Waals surface area contributed by atoms with Gasteiger partial charge in [0.05, 0.1) is 4.88 Å². The van der Waals surface area contributed by atoms with Crippen molar-refractivity contribution in [2.75, 3.05) is 26.2 Å². The average Bonchev–Trinajstić information content (AvgIpc) is 3.28. The van der Waals surface area contributed by atoms with Gasteiger partial charge in [0.1, 0.15) is 12.4 Å². The lowest BCUT2D eigenvalue weighted by atomic mass is 10.1. The Kier molecular flexibility index (Phi) is 4.77. The molecule has 0 spiro atoms. The van der Waals surface area contributed by atoms with E-state index in [0.29, 0.717) is 12.6 Å². The lowest BCUT2D eigenvalue weighted by Gasteiger charge is -2.37. The van der Waals surface area contributed by atoms with E-state index in [0.717, 1.165) is 35.8 Å². The third-order valence-electron chi connectivity index (χ3n) is 5.13. The van der Waals surface area contributed by atoms with Crippen LogP contribution in [-0.2, 0) is 6.61 Å². The van der Waals surface area contributed by atoms with E-state index in [-0.39, 0.29) is 5.91 Å². The minimum atomic E-state index is 0.179. The van der Waals surface area contributed by atoms with Crippen LogP contribution in [0.5, 0.6) is 5.75 Å². The van der Waals surface area contributed by atoms with E-state index in [9.17, 15) is 4.79 Å². The van der Waals surface area contributed by atoms with Gasteiger partial charge in [0, 0.05) is 31.2 Å². The van der Waals surface area contributed by atoms with E-state index in [1.807, 2.05) is 34.5 Å². The van der Waals surface area contributed by atoms with Crippen molar-refractivity contribution in [1.82, 2.24) is 9.80 Å². The van der Waals surface area contributed by atoms with Crippen LogP contribution < -0.4 is 4.74 Å². The molecule has 2 fully saturated rings. The Morgan fingerprint density at radius 1 is 1.28 bits per heavy atom. The number of fused-ring (bicyclic) bond motifs is 1. The smallest absolute Gasteiger partial charge is 0.264 e. The van der Waals surface area contributed by atoms with E-state index in [2.05, 4.69) is 17.9 Å². The molecule has 0 saturated carbocycles. The van der Waals surface area contributed by atoms with Crippen molar-refractivity contribution in [1.29, 1.82) is 0 Å². The van der Waals surface area contributed by atoms with Gasteiger partial charge in [-0.3, -0.25) is 9.69 Å². The summed E-state index contributed by atoms with van der Waals surface area (Å²) in [4.78, 5) is 18.2. The number of piperazine rings is 1. The quantitative estimate of drug-likeness (QED) is 0.840. The van der Waals surface area contributed by atoms with Crippen molar-refractivity contribution < 1.29 is 9.53 Å². The molecule has 0 radical (unpaired) electrons. The first-order valence-electron chi connectivity index (χ1n) is 8.99. The monoisotopic (exact) mass is 356 g/mol. The Balaban J connectivity index is 1.36. The zero-order valence-electron chi connectivity index (χ0n) is 14.6. The van der Waals surface area contributed by atoms with E-state index in [1.165, 1.54) is 36.3 Å². The molecule has 0 N–H and O–H groups in total. The molecule has 2 aromatic rings. The molecule has 4 nitrogen and oxygen atoms in total. The van der Waals surface area contributed by atoms with Crippen LogP contribution in [0.3, 0.4) is 0 Å². The van der Waals surface area contributed by atoms with Crippen LogP contribution in [0.4, 0.5) is 0 Å². The molecule has 1 aromatic heterocycles. The third kappa shape index (κ3) is 3.72. The molecule has 2 saturated heterocycles. The normalized spacial score (nSPS) is 20.5. The van der Waals surface area contributed by atoms with Gasteiger partial charge >= 0.3 is 0 Å². The summed E-state index contributed by atoms with van der Waals surface area (Å²) >= 11 is 1.53. The second-order valence-electron chi connectivity index (χ2n) is 7.01. The van der Waals surface area contributed by atoms with Gasteiger partial charge in [0.15, 0.2) is 0 Å². The fourth-order valence-corrected chi connectivity index (χ4v) is 4.63. The maximum atomic E-state index is 12.8. The summed E-state index contributed by atoms with van der Waals surface area (Å²) in [5, 5.41) is 2.04. The first-order valence-corrected chi connectivity index (χ1v) is 9.87. The third-order valence-corrected chi connectivity index (χ3v) is 6.10. The summed E-state index contributed by atoms with van der Waals surface area (Å²) in [6.45, 7) is 6.51. The van der Waals surface area contributed by atoms with Crippen LogP contribution in [0, 0.1) is 6.92 Å². The highest BCUT2D eigenvalue weighted by molar-refractivity contribution is 7.12. The molecule has 1 unspecified atom stereocenters. The Hall–Kier alpha value is -1.85. The van der Waals surface area contributed by atoms with Crippen LogP contribution in [0.15, 0.2) is 35.7 Å². The molecule has 1 atom stereocenters. The van der Waals surface area contributed by atoms with E-state index >= 15 is 0 Å². The number of benzene rings is 1. The Bertz CT molecular complexity index is 758. The molecule has 3 heterocycles. The minimum absolute atomic E-state index is 0.179. The predicted molar refractivity (Wildman–Crippen MR) is 100 cm³/mol. The lowest BCUT2D eigenvalue weighted by molar-refractivity contribution is 0.0576. The fourth-order valence-electron chi connectivity index (χ4n) is 3.77. The standard InChI is InChI=1S/C20H24N2O2S/c1-15-4-2-6-18(10-15)24-13-16-11-19(25-14-16)20(23)22-9-8-21-7-3-5-17(21)12-22/h2,4,6,10-11,14,17H,3,5,7-9,12-13H2,1H3. The fraction of sp³-hybridized carbons (Fsp3) is 0.450. The molecule has 0 bridgehead atoms. The predicted octanol–water partition coefficient (Wildman–Crippen LogP) is 3.56. The van der Waals surface area contributed by atoms with E-state index < -0.39 is 0 Å². The number of hydrogen-bond donors (Lipinski definition) is 0. The van der Waals surface area contributed by atoms with E-state index in [1.54, 1.807) is 0 Å². The largest absolute Gasteiger partial charge is 0.489 e. The van der Waals surface area contributed by atoms with Crippen molar-refractivity contribution in [3.8, 4) is 5.75 Å². The summed E-state index contributed by atoms with van der Waals surface area (Å²) in [7, 11) is 0. The molecule has 2 aliphatic rings. The number of ether oxygens (including phenoxy) is 1. The number of thiophene rings is 1. The van der Waals surface area contributed by atoms with Crippen LogP contribution >= 0.6 is 11.3 Å².